The van der Waals surface area contributed by atoms with Crippen LogP contribution in [0.3, 0.4) is 0 Å². The van der Waals surface area contributed by atoms with Gasteiger partial charge < -0.3 is 0 Å². The van der Waals surface area contributed by atoms with Crippen molar-refractivity contribution in [2.45, 2.75) is 51.2 Å². The number of pyridine rings is 1. The van der Waals surface area contributed by atoms with Crippen LogP contribution in [0.5, 0.6) is 0 Å². The molecule has 1 saturated carbocycles. The number of aryl methyl sites for hydroxylation is 1. The first-order valence-corrected chi connectivity index (χ1v) is 14.9. The van der Waals surface area contributed by atoms with E-state index >= 15 is 0 Å². The number of nitrogens with zero attached hydrogens (tertiary/aromatic N) is 1. The van der Waals surface area contributed by atoms with Crippen molar-refractivity contribution in [3.8, 4) is 0 Å². The fourth-order valence-electron chi connectivity index (χ4n) is 5.01. The van der Waals surface area contributed by atoms with Crippen LogP contribution in [0.4, 0.5) is 0 Å². The van der Waals surface area contributed by atoms with Crippen molar-refractivity contribution in [1.82, 2.24) is 4.98 Å². The normalized spacial score (nSPS) is 15.1. The summed E-state index contributed by atoms with van der Waals surface area (Å²) in [7, 11) is 0. The molecule has 0 unspecified atom stereocenters. The molecule has 2 nitrogen and oxygen atoms in total. The van der Waals surface area contributed by atoms with Crippen molar-refractivity contribution in [1.29, 1.82) is 0 Å². The number of benzene rings is 3. The summed E-state index contributed by atoms with van der Waals surface area (Å²) in [5, 5.41) is 2.16. The number of Topliss-reactive ketones (excluding diaryl/α,β-unsaturated/α-hetero) is 1. The van der Waals surface area contributed by atoms with Gasteiger partial charge >= 0.3 is 0 Å². The predicted molar refractivity (Wildman–Crippen MR) is 164 cm³/mol. The molecule has 0 saturated heterocycles. The lowest BCUT2D eigenvalue weighted by Crippen LogP contribution is -2.07. The number of fused-ring (bicyclic) bond motifs is 1. The molecule has 0 spiro atoms. The van der Waals surface area contributed by atoms with Gasteiger partial charge in [0.05, 0.1) is 11.2 Å². The minimum atomic E-state index is 0.143. The van der Waals surface area contributed by atoms with Crippen LogP contribution in [-0.2, 0) is 6.42 Å². The van der Waals surface area contributed by atoms with Crippen LogP contribution in [0.2, 0.25) is 5.02 Å². The standard InChI is InChI=1S/C34H34ClNOS/c1-3-34(19-20-34)23-38-33(18-14-26-8-4-5-10-31(26)24(2)37)28-9-6-7-25(21-28)11-16-30-17-13-27-12-15-29(35)22-32(27)36-30/h4-13,15-17,21-22,33H,3,14,18-20,23H2,1-2H3/b16-11+/t33-/m1/s1. The first kappa shape index (κ1) is 26.7. The van der Waals surface area contributed by atoms with Crippen LogP contribution in [0.15, 0.2) is 78.9 Å². The van der Waals surface area contributed by atoms with Gasteiger partial charge in [-0.2, -0.15) is 11.8 Å². The molecule has 0 amide bonds. The Morgan fingerprint density at radius 1 is 1.03 bits per heavy atom. The van der Waals surface area contributed by atoms with Gasteiger partial charge in [-0.25, -0.2) is 4.98 Å². The van der Waals surface area contributed by atoms with E-state index in [1.54, 1.807) is 6.92 Å². The van der Waals surface area contributed by atoms with Crippen molar-refractivity contribution >= 4 is 52.2 Å². The van der Waals surface area contributed by atoms with Gasteiger partial charge in [-0.05, 0) is 91.2 Å². The SMILES string of the molecule is CCC1(CS[C@H](CCc2ccccc2C(C)=O)c2cccc(/C=C/c3ccc4ccc(Cl)cc4n3)c2)CC1. The van der Waals surface area contributed by atoms with Crippen molar-refractivity contribution < 1.29 is 4.79 Å². The third-order valence-electron chi connectivity index (χ3n) is 7.78. The zero-order valence-electron chi connectivity index (χ0n) is 22.1. The molecule has 1 aromatic heterocycles. The predicted octanol–water partition coefficient (Wildman–Crippen LogP) is 9.86. The van der Waals surface area contributed by atoms with Gasteiger partial charge in [0, 0.05) is 21.2 Å². The Hall–Kier alpha value is -2.88. The fourth-order valence-corrected chi connectivity index (χ4v) is 6.85. The molecule has 3 aromatic carbocycles. The molecule has 0 N–H and O–H groups in total. The largest absolute Gasteiger partial charge is 0.295 e. The maximum atomic E-state index is 12.2. The van der Waals surface area contributed by atoms with Gasteiger partial charge in [-0.1, -0.05) is 85.3 Å². The topological polar surface area (TPSA) is 30.0 Å². The summed E-state index contributed by atoms with van der Waals surface area (Å²) in [4.78, 5) is 16.9. The van der Waals surface area contributed by atoms with Crippen molar-refractivity contribution in [2.24, 2.45) is 5.41 Å². The van der Waals surface area contributed by atoms with Gasteiger partial charge in [0.2, 0.25) is 0 Å². The Morgan fingerprint density at radius 2 is 1.84 bits per heavy atom. The number of carbonyl (C=O) groups is 1. The summed E-state index contributed by atoms with van der Waals surface area (Å²) in [6.45, 7) is 3.99. The molecule has 1 heterocycles. The minimum Gasteiger partial charge on any atom is -0.295 e. The van der Waals surface area contributed by atoms with E-state index in [-0.39, 0.29) is 5.78 Å². The number of rotatable bonds is 11. The Bertz CT molecular complexity index is 1470. The zero-order chi connectivity index (χ0) is 26.5. The molecular formula is C34H34ClNOS. The summed E-state index contributed by atoms with van der Waals surface area (Å²) < 4.78 is 0. The van der Waals surface area contributed by atoms with E-state index in [2.05, 4.69) is 67.2 Å². The van der Waals surface area contributed by atoms with Gasteiger partial charge in [0.15, 0.2) is 5.78 Å². The van der Waals surface area contributed by atoms with Crippen molar-refractivity contribution in [2.75, 3.05) is 5.75 Å². The van der Waals surface area contributed by atoms with E-state index in [4.69, 9.17) is 16.6 Å². The van der Waals surface area contributed by atoms with Gasteiger partial charge in [-0.3, -0.25) is 4.79 Å². The summed E-state index contributed by atoms with van der Waals surface area (Å²) in [6, 6.07) is 26.9. The van der Waals surface area contributed by atoms with E-state index in [1.807, 2.05) is 42.5 Å². The van der Waals surface area contributed by atoms with Crippen molar-refractivity contribution in [3.05, 3.63) is 112 Å². The lowest BCUT2D eigenvalue weighted by Gasteiger charge is -2.21. The first-order valence-electron chi connectivity index (χ1n) is 13.5. The highest BCUT2D eigenvalue weighted by atomic mass is 35.5. The third kappa shape index (κ3) is 6.57. The number of carbonyl (C=O) groups excluding carboxylic acids is 1. The highest BCUT2D eigenvalue weighted by molar-refractivity contribution is 7.99. The van der Waals surface area contributed by atoms with Crippen LogP contribution in [0.25, 0.3) is 23.1 Å². The molecule has 1 aliphatic carbocycles. The highest BCUT2D eigenvalue weighted by Crippen LogP contribution is 2.53. The second-order valence-corrected chi connectivity index (χ2v) is 12.1. The average Bonchev–Trinajstić information content (AvgIpc) is 3.72. The molecule has 5 rings (SSSR count). The smallest absolute Gasteiger partial charge is 0.160 e. The molecule has 4 aromatic rings. The molecule has 4 heteroatoms. The summed E-state index contributed by atoms with van der Waals surface area (Å²) >= 11 is 8.26. The maximum absolute atomic E-state index is 12.2. The Morgan fingerprint density at radius 3 is 2.63 bits per heavy atom. The number of hydrogen-bond acceptors (Lipinski definition) is 3. The molecule has 0 bridgehead atoms. The number of ketones is 1. The molecule has 0 aliphatic heterocycles. The molecule has 38 heavy (non-hydrogen) atoms. The highest BCUT2D eigenvalue weighted by Gasteiger charge is 2.40. The van der Waals surface area contributed by atoms with Crippen LogP contribution < -0.4 is 0 Å². The minimum absolute atomic E-state index is 0.143. The molecule has 1 fully saturated rings. The summed E-state index contributed by atoms with van der Waals surface area (Å²) in [5.41, 5.74) is 6.87. The molecule has 0 radical (unpaired) electrons. The quantitative estimate of drug-likeness (QED) is 0.178. The zero-order valence-corrected chi connectivity index (χ0v) is 23.7. The Labute approximate surface area is 235 Å². The molecule has 1 aliphatic rings. The van der Waals surface area contributed by atoms with Crippen LogP contribution >= 0.6 is 23.4 Å². The molecule has 194 valence electrons. The maximum Gasteiger partial charge on any atom is 0.160 e. The van der Waals surface area contributed by atoms with E-state index in [0.717, 1.165) is 40.6 Å². The third-order valence-corrected chi connectivity index (χ3v) is 9.70. The second-order valence-electron chi connectivity index (χ2n) is 10.5. The Kier molecular flexibility index (Phi) is 8.35. The lowest BCUT2D eigenvalue weighted by atomic mass is 9.97. The van der Waals surface area contributed by atoms with Gasteiger partial charge in [0.1, 0.15) is 0 Å². The molecular weight excluding hydrogens is 506 g/mol. The lowest BCUT2D eigenvalue weighted by molar-refractivity contribution is 0.101. The van der Waals surface area contributed by atoms with Crippen LogP contribution in [-0.4, -0.2) is 16.5 Å². The number of aromatic nitrogens is 1. The van der Waals surface area contributed by atoms with Crippen LogP contribution in [0, 0.1) is 5.41 Å². The van der Waals surface area contributed by atoms with Crippen molar-refractivity contribution in [3.63, 3.8) is 0 Å². The number of hydrogen-bond donors (Lipinski definition) is 0. The summed E-state index contributed by atoms with van der Waals surface area (Å²) in [5.74, 6) is 1.34. The first-order chi connectivity index (χ1) is 18.4. The van der Waals surface area contributed by atoms with E-state index in [0.29, 0.717) is 15.7 Å². The van der Waals surface area contributed by atoms with Gasteiger partial charge in [-0.15, -0.1) is 0 Å². The number of halogens is 1. The van der Waals surface area contributed by atoms with E-state index in [1.165, 1.54) is 36.1 Å². The Balaban J connectivity index is 1.36. The van der Waals surface area contributed by atoms with E-state index < -0.39 is 0 Å². The fraction of sp³-hybridized carbons (Fsp3) is 0.294. The van der Waals surface area contributed by atoms with Crippen LogP contribution in [0.1, 0.15) is 77.5 Å². The monoisotopic (exact) mass is 539 g/mol. The number of thioether (sulfide) groups is 1. The van der Waals surface area contributed by atoms with Gasteiger partial charge in [0.25, 0.3) is 0 Å². The average molecular weight is 540 g/mol. The second kappa shape index (κ2) is 11.9. The molecule has 1 atom stereocenters. The summed E-state index contributed by atoms with van der Waals surface area (Å²) in [6.07, 6.45) is 10.1. The van der Waals surface area contributed by atoms with E-state index in [9.17, 15) is 4.79 Å².